The predicted octanol–water partition coefficient (Wildman–Crippen LogP) is 1.32. The molecule has 14 heavy (non-hydrogen) atoms. The summed E-state index contributed by atoms with van der Waals surface area (Å²) in [5, 5.41) is 6.45. The zero-order chi connectivity index (χ0) is 10.8. The fourth-order valence-corrected chi connectivity index (χ4v) is 1.28. The van der Waals surface area contributed by atoms with Crippen LogP contribution in [0.4, 0.5) is 0 Å². The van der Waals surface area contributed by atoms with Crippen LogP contribution in [0.3, 0.4) is 0 Å². The first-order chi connectivity index (χ1) is 6.63. The number of nitrogens with one attached hydrogen (secondary N) is 2. The van der Waals surface area contributed by atoms with Gasteiger partial charge in [-0.25, -0.2) is 0 Å². The molecule has 0 rings (SSSR count). The lowest BCUT2D eigenvalue weighted by Gasteiger charge is -2.04. The summed E-state index contributed by atoms with van der Waals surface area (Å²) in [5.41, 5.74) is 5.28. The minimum absolute atomic E-state index is 0.392. The van der Waals surface area contributed by atoms with Crippen molar-refractivity contribution in [3.63, 3.8) is 0 Å². The summed E-state index contributed by atoms with van der Waals surface area (Å²) in [6.07, 6.45) is 4.71. The van der Waals surface area contributed by atoms with Crippen LogP contribution < -0.4 is 16.4 Å². The van der Waals surface area contributed by atoms with E-state index in [0.717, 1.165) is 24.5 Å². The maximum absolute atomic E-state index is 5.28. The Labute approximate surface area is 96.8 Å². The van der Waals surface area contributed by atoms with Gasteiger partial charge in [0.2, 0.25) is 0 Å². The van der Waals surface area contributed by atoms with E-state index in [-0.39, 0.29) is 0 Å². The molecule has 0 aliphatic carbocycles. The monoisotopic (exact) mass is 233 g/mol. The quantitative estimate of drug-likeness (QED) is 0.457. The Kier molecular flexibility index (Phi) is 8.87. The fraction of sp³-hybridized carbons (Fsp3) is 0.778. The summed E-state index contributed by atoms with van der Waals surface area (Å²) in [6, 6.07) is 0. The molecule has 0 saturated heterocycles. The second kappa shape index (κ2) is 9.15. The first kappa shape index (κ1) is 13.6. The van der Waals surface area contributed by atoms with Crippen molar-refractivity contribution in [2.75, 3.05) is 13.1 Å². The molecule has 0 unspecified atom stereocenters. The highest BCUT2D eigenvalue weighted by Crippen LogP contribution is 1.97. The van der Waals surface area contributed by atoms with E-state index < -0.39 is 0 Å². The number of nitrogens with two attached hydrogens (primary N) is 1. The van der Waals surface area contributed by atoms with Gasteiger partial charge < -0.3 is 16.4 Å². The van der Waals surface area contributed by atoms with E-state index in [9.17, 15) is 0 Å². The number of rotatable bonds is 7. The van der Waals surface area contributed by atoms with E-state index in [1.54, 1.807) is 0 Å². The second-order valence-electron chi connectivity index (χ2n) is 3.19. The minimum atomic E-state index is 0.392. The van der Waals surface area contributed by atoms with Crippen LogP contribution in [0.5, 0.6) is 0 Å². The summed E-state index contributed by atoms with van der Waals surface area (Å²) >= 11 is 9.58. The second-order valence-corrected chi connectivity index (χ2v) is 4.24. The summed E-state index contributed by atoms with van der Waals surface area (Å²) in [7, 11) is 0. The molecule has 82 valence electrons. The van der Waals surface area contributed by atoms with Gasteiger partial charge in [0.1, 0.15) is 0 Å². The van der Waals surface area contributed by atoms with Gasteiger partial charge in [0, 0.05) is 13.1 Å². The third kappa shape index (κ3) is 11.6. The van der Waals surface area contributed by atoms with Gasteiger partial charge >= 0.3 is 0 Å². The van der Waals surface area contributed by atoms with Crippen LogP contribution in [-0.4, -0.2) is 23.2 Å². The molecule has 0 saturated carbocycles. The Morgan fingerprint density at radius 2 is 1.50 bits per heavy atom. The van der Waals surface area contributed by atoms with Crippen LogP contribution >= 0.6 is 24.4 Å². The molecule has 3 nitrogen and oxygen atoms in total. The van der Waals surface area contributed by atoms with Gasteiger partial charge in [0.15, 0.2) is 5.11 Å². The average Bonchev–Trinajstić information content (AvgIpc) is 2.08. The normalized spacial score (nSPS) is 9.50. The highest BCUT2D eigenvalue weighted by molar-refractivity contribution is 7.80. The minimum Gasteiger partial charge on any atom is -0.380 e. The molecule has 0 aliphatic rings. The number of unbranched alkanes of at least 4 members (excludes halogenated alkanes) is 3. The van der Waals surface area contributed by atoms with Crippen molar-refractivity contribution in [2.24, 2.45) is 5.73 Å². The van der Waals surface area contributed by atoms with Gasteiger partial charge in [0.05, 0.1) is 4.99 Å². The van der Waals surface area contributed by atoms with Crippen LogP contribution in [0.15, 0.2) is 0 Å². The summed E-state index contributed by atoms with van der Waals surface area (Å²) in [6.45, 7) is 3.77. The molecule has 0 aliphatic heterocycles. The lowest BCUT2D eigenvalue weighted by molar-refractivity contribution is 0.625. The molecule has 0 aromatic carbocycles. The van der Waals surface area contributed by atoms with Gasteiger partial charge in [-0.1, -0.05) is 25.1 Å². The molecule has 0 spiro atoms. The van der Waals surface area contributed by atoms with Gasteiger partial charge in [-0.2, -0.15) is 0 Å². The van der Waals surface area contributed by atoms with Crippen molar-refractivity contribution >= 4 is 34.5 Å². The van der Waals surface area contributed by atoms with Gasteiger partial charge in [0.25, 0.3) is 0 Å². The summed E-state index contributed by atoms with van der Waals surface area (Å²) in [4.78, 5) is 0.875. The molecule has 5 heteroatoms. The maximum atomic E-state index is 5.28. The lowest BCUT2D eigenvalue weighted by atomic mass is 10.2. The Morgan fingerprint density at radius 1 is 1.00 bits per heavy atom. The largest absolute Gasteiger partial charge is 0.380 e. The number of hydrogen-bond donors (Lipinski definition) is 3. The highest BCUT2D eigenvalue weighted by Gasteiger charge is 1.91. The van der Waals surface area contributed by atoms with Crippen molar-refractivity contribution in [2.45, 2.75) is 32.6 Å². The molecule has 0 heterocycles. The van der Waals surface area contributed by atoms with Crippen molar-refractivity contribution in [1.82, 2.24) is 10.6 Å². The van der Waals surface area contributed by atoms with Gasteiger partial charge in [-0.15, -0.1) is 0 Å². The van der Waals surface area contributed by atoms with E-state index in [4.69, 9.17) is 18.0 Å². The standard InChI is InChI=1S/C9H19N3S2/c1-8(13)11-6-4-2-3-5-7-12-9(10)14/h2-7H2,1H3,(H,11,13)(H3,10,12,14). The van der Waals surface area contributed by atoms with Crippen LogP contribution in [0, 0.1) is 0 Å². The fourth-order valence-electron chi connectivity index (χ4n) is 1.08. The number of hydrogen-bond acceptors (Lipinski definition) is 2. The van der Waals surface area contributed by atoms with Crippen molar-refractivity contribution in [3.05, 3.63) is 0 Å². The van der Waals surface area contributed by atoms with Crippen molar-refractivity contribution < 1.29 is 0 Å². The van der Waals surface area contributed by atoms with Gasteiger partial charge in [-0.05, 0) is 32.0 Å². The van der Waals surface area contributed by atoms with E-state index in [2.05, 4.69) is 22.9 Å². The molecule has 0 amide bonds. The molecular formula is C9H19N3S2. The molecule has 0 bridgehead atoms. The van der Waals surface area contributed by atoms with Crippen LogP contribution in [0.2, 0.25) is 0 Å². The van der Waals surface area contributed by atoms with E-state index >= 15 is 0 Å². The smallest absolute Gasteiger partial charge is 0.163 e. The molecule has 0 fully saturated rings. The molecule has 0 radical (unpaired) electrons. The maximum Gasteiger partial charge on any atom is 0.163 e. The molecule has 0 atom stereocenters. The zero-order valence-electron chi connectivity index (χ0n) is 8.64. The topological polar surface area (TPSA) is 50.1 Å². The molecule has 4 N–H and O–H groups in total. The third-order valence-corrected chi connectivity index (χ3v) is 2.07. The molecular weight excluding hydrogens is 214 g/mol. The highest BCUT2D eigenvalue weighted by atomic mass is 32.1. The van der Waals surface area contributed by atoms with Crippen molar-refractivity contribution in [3.8, 4) is 0 Å². The SMILES string of the molecule is CC(=S)NCCCCCCNC(N)=S. The zero-order valence-corrected chi connectivity index (χ0v) is 10.3. The van der Waals surface area contributed by atoms with Gasteiger partial charge in [-0.3, -0.25) is 0 Å². The lowest BCUT2D eigenvalue weighted by Crippen LogP contribution is -2.29. The summed E-state index contributed by atoms with van der Waals surface area (Å²) in [5.74, 6) is 0. The first-order valence-electron chi connectivity index (χ1n) is 4.90. The van der Waals surface area contributed by atoms with E-state index in [1.165, 1.54) is 19.3 Å². The Morgan fingerprint density at radius 3 is 1.93 bits per heavy atom. The summed E-state index contributed by atoms with van der Waals surface area (Å²) < 4.78 is 0. The Bertz CT molecular complexity index is 163. The number of thiocarbonyl (C=S) groups is 2. The van der Waals surface area contributed by atoms with E-state index in [1.807, 2.05) is 6.92 Å². The predicted molar refractivity (Wildman–Crippen MR) is 69.5 cm³/mol. The Balaban J connectivity index is 2.99. The average molecular weight is 233 g/mol. The third-order valence-electron chi connectivity index (χ3n) is 1.78. The van der Waals surface area contributed by atoms with Crippen LogP contribution in [-0.2, 0) is 0 Å². The Hall–Kier alpha value is -0.420. The van der Waals surface area contributed by atoms with Crippen LogP contribution in [0.1, 0.15) is 32.6 Å². The van der Waals surface area contributed by atoms with E-state index in [0.29, 0.717) is 5.11 Å². The molecule has 0 aromatic rings. The van der Waals surface area contributed by atoms with Crippen LogP contribution in [0.25, 0.3) is 0 Å². The van der Waals surface area contributed by atoms with Crippen molar-refractivity contribution in [1.29, 1.82) is 0 Å². The first-order valence-corrected chi connectivity index (χ1v) is 5.72. The molecule has 0 aromatic heterocycles.